The van der Waals surface area contributed by atoms with Crippen LogP contribution in [0.25, 0.3) is 33.9 Å². The molecule has 0 saturated heterocycles. The Kier molecular flexibility index (Phi) is 5.31. The van der Waals surface area contributed by atoms with Crippen molar-refractivity contribution in [3.05, 3.63) is 99.5 Å². The Morgan fingerprint density at radius 3 is 2.68 bits per heavy atom. The first-order valence-electron chi connectivity index (χ1n) is 9.89. The molecule has 5 rings (SSSR count). The second-order valence-electron chi connectivity index (χ2n) is 7.25. The molecule has 168 valence electrons. The van der Waals surface area contributed by atoms with Crippen molar-refractivity contribution in [2.24, 2.45) is 0 Å². The fourth-order valence-electron chi connectivity index (χ4n) is 3.36. The van der Waals surface area contributed by atoms with Gasteiger partial charge in [-0.25, -0.2) is 9.37 Å². The predicted molar refractivity (Wildman–Crippen MR) is 123 cm³/mol. The molecule has 5 aromatic rings. The number of anilines is 1. The van der Waals surface area contributed by atoms with E-state index in [4.69, 9.17) is 20.4 Å². The second kappa shape index (κ2) is 8.45. The Balaban J connectivity index is 1.37. The molecule has 0 aliphatic carbocycles. The van der Waals surface area contributed by atoms with Crippen molar-refractivity contribution in [3.8, 4) is 22.8 Å². The highest BCUT2D eigenvalue weighted by molar-refractivity contribution is 6.33. The number of carbonyl (C=O) groups is 1. The van der Waals surface area contributed by atoms with Crippen LogP contribution >= 0.6 is 11.6 Å². The van der Waals surface area contributed by atoms with Gasteiger partial charge in [0.25, 0.3) is 11.6 Å². The summed E-state index contributed by atoms with van der Waals surface area (Å²) in [7, 11) is 0. The second-order valence-corrected chi connectivity index (χ2v) is 7.66. The van der Waals surface area contributed by atoms with Gasteiger partial charge in [0.1, 0.15) is 17.1 Å². The molecule has 1 amide bonds. The number of hydrogen-bond donors (Lipinski definition) is 1. The largest absolute Gasteiger partial charge is 0.451 e. The number of furan rings is 1. The third kappa shape index (κ3) is 4.12. The van der Waals surface area contributed by atoms with Crippen molar-refractivity contribution >= 4 is 40.0 Å². The van der Waals surface area contributed by atoms with E-state index in [1.807, 2.05) is 0 Å². The third-order valence-corrected chi connectivity index (χ3v) is 5.29. The summed E-state index contributed by atoms with van der Waals surface area (Å²) in [6.45, 7) is 0. The number of hydrogen-bond acceptors (Lipinski definition) is 6. The Hall–Kier alpha value is -4.50. The summed E-state index contributed by atoms with van der Waals surface area (Å²) in [6.07, 6.45) is 0. The maximum Gasteiger partial charge on any atom is 0.291 e. The average molecular weight is 478 g/mol. The van der Waals surface area contributed by atoms with Gasteiger partial charge in [0, 0.05) is 23.4 Å². The molecular formula is C24H13ClFN3O5. The number of benzene rings is 3. The number of halogens is 2. The van der Waals surface area contributed by atoms with Crippen LogP contribution in [0.15, 0.2) is 81.6 Å². The first-order valence-corrected chi connectivity index (χ1v) is 10.3. The number of non-ortho nitro benzene ring substituents is 1. The maximum atomic E-state index is 13.3. The van der Waals surface area contributed by atoms with Crippen molar-refractivity contribution in [2.45, 2.75) is 0 Å². The van der Waals surface area contributed by atoms with Gasteiger partial charge in [-0.15, -0.1) is 0 Å². The quantitative estimate of drug-likeness (QED) is 0.222. The van der Waals surface area contributed by atoms with Gasteiger partial charge < -0.3 is 14.2 Å². The lowest BCUT2D eigenvalue weighted by atomic mass is 10.1. The zero-order valence-corrected chi connectivity index (χ0v) is 17.9. The standard InChI is InChI=1S/C24H13ClFN3O5/c25-18-11-14(26)4-6-17(18)24-28-19-12-15(5-7-21(19)34-24)27-23(30)22-9-8-20(33-22)13-2-1-3-16(10-13)29(31)32/h1-12H,(H,27,30). The predicted octanol–water partition coefficient (Wildman–Crippen LogP) is 6.71. The number of rotatable bonds is 5. The number of nitrogens with zero attached hydrogens (tertiary/aromatic N) is 2. The summed E-state index contributed by atoms with van der Waals surface area (Å²) in [5.74, 6) is -0.416. The Morgan fingerprint density at radius 2 is 1.88 bits per heavy atom. The molecular weight excluding hydrogens is 465 g/mol. The van der Waals surface area contributed by atoms with Gasteiger partial charge in [0.05, 0.1) is 15.5 Å². The van der Waals surface area contributed by atoms with Crippen molar-refractivity contribution in [1.29, 1.82) is 0 Å². The summed E-state index contributed by atoms with van der Waals surface area (Å²) >= 11 is 6.09. The van der Waals surface area contributed by atoms with Crippen LogP contribution < -0.4 is 5.32 Å². The minimum Gasteiger partial charge on any atom is -0.451 e. The zero-order chi connectivity index (χ0) is 23.8. The van der Waals surface area contributed by atoms with E-state index in [0.717, 1.165) is 0 Å². The van der Waals surface area contributed by atoms with Crippen molar-refractivity contribution in [3.63, 3.8) is 0 Å². The molecule has 0 unspecified atom stereocenters. The normalized spacial score (nSPS) is 11.0. The molecule has 3 aromatic carbocycles. The van der Waals surface area contributed by atoms with Crippen LogP contribution in [0, 0.1) is 15.9 Å². The van der Waals surface area contributed by atoms with Crippen LogP contribution in [0.3, 0.4) is 0 Å². The molecule has 0 radical (unpaired) electrons. The Bertz CT molecular complexity index is 1580. The molecule has 2 aromatic heterocycles. The minimum absolute atomic E-state index is 0.0283. The first kappa shape index (κ1) is 21.4. The molecule has 0 fully saturated rings. The summed E-state index contributed by atoms with van der Waals surface area (Å²) in [5, 5.41) is 13.9. The van der Waals surface area contributed by atoms with Crippen LogP contribution in [-0.4, -0.2) is 15.8 Å². The number of carbonyl (C=O) groups excluding carboxylic acids is 1. The smallest absolute Gasteiger partial charge is 0.291 e. The van der Waals surface area contributed by atoms with Gasteiger partial charge >= 0.3 is 0 Å². The molecule has 0 atom stereocenters. The maximum absolute atomic E-state index is 13.3. The van der Waals surface area contributed by atoms with E-state index in [1.165, 1.54) is 42.5 Å². The molecule has 1 N–H and O–H groups in total. The zero-order valence-electron chi connectivity index (χ0n) is 17.1. The summed E-state index contributed by atoms with van der Waals surface area (Å²) < 4.78 is 24.6. The van der Waals surface area contributed by atoms with E-state index in [0.29, 0.717) is 33.7 Å². The number of fused-ring (bicyclic) bond motifs is 1. The monoisotopic (exact) mass is 477 g/mol. The van der Waals surface area contributed by atoms with Gasteiger partial charge in [-0.2, -0.15) is 0 Å². The third-order valence-electron chi connectivity index (χ3n) is 4.98. The van der Waals surface area contributed by atoms with E-state index in [2.05, 4.69) is 10.3 Å². The van der Waals surface area contributed by atoms with Crippen LogP contribution in [-0.2, 0) is 0 Å². The summed E-state index contributed by atoms with van der Waals surface area (Å²) in [6, 6.07) is 17.7. The fraction of sp³-hybridized carbons (Fsp3) is 0. The number of nitro benzene ring substituents is 1. The average Bonchev–Trinajstić information content (AvgIpc) is 3.46. The van der Waals surface area contributed by atoms with Crippen LogP contribution in [0.1, 0.15) is 10.6 Å². The van der Waals surface area contributed by atoms with E-state index in [9.17, 15) is 19.3 Å². The van der Waals surface area contributed by atoms with Gasteiger partial charge in [-0.05, 0) is 48.5 Å². The van der Waals surface area contributed by atoms with E-state index in [-0.39, 0.29) is 22.4 Å². The summed E-state index contributed by atoms with van der Waals surface area (Å²) in [5.41, 5.74) is 2.19. The van der Waals surface area contributed by atoms with E-state index >= 15 is 0 Å². The van der Waals surface area contributed by atoms with Crippen molar-refractivity contribution in [1.82, 2.24) is 4.98 Å². The molecule has 0 saturated carbocycles. The number of amides is 1. The number of nitro groups is 1. The first-order chi connectivity index (χ1) is 16.4. The Labute approximate surface area is 195 Å². The fourth-order valence-corrected chi connectivity index (χ4v) is 3.61. The lowest BCUT2D eigenvalue weighted by molar-refractivity contribution is -0.384. The van der Waals surface area contributed by atoms with Crippen molar-refractivity contribution in [2.75, 3.05) is 5.32 Å². The number of nitrogens with one attached hydrogen (secondary N) is 1. The van der Waals surface area contributed by atoms with Crippen LogP contribution in [0.5, 0.6) is 0 Å². The molecule has 0 spiro atoms. The van der Waals surface area contributed by atoms with E-state index in [1.54, 1.807) is 30.3 Å². The van der Waals surface area contributed by atoms with Crippen LogP contribution in [0.2, 0.25) is 5.02 Å². The topological polar surface area (TPSA) is 111 Å². The lowest BCUT2D eigenvalue weighted by Gasteiger charge is -2.02. The lowest BCUT2D eigenvalue weighted by Crippen LogP contribution is -2.10. The molecule has 0 aliphatic heterocycles. The van der Waals surface area contributed by atoms with Crippen LogP contribution in [0.4, 0.5) is 15.8 Å². The SMILES string of the molecule is O=C(Nc1ccc2oc(-c3ccc(F)cc3Cl)nc2c1)c1ccc(-c2cccc([N+](=O)[O-])c2)o1. The molecule has 8 nitrogen and oxygen atoms in total. The molecule has 0 bridgehead atoms. The van der Waals surface area contributed by atoms with Gasteiger partial charge in [-0.1, -0.05) is 23.7 Å². The van der Waals surface area contributed by atoms with E-state index < -0.39 is 16.6 Å². The van der Waals surface area contributed by atoms with Gasteiger partial charge in [-0.3, -0.25) is 14.9 Å². The van der Waals surface area contributed by atoms with Crippen molar-refractivity contribution < 1.29 is 22.9 Å². The van der Waals surface area contributed by atoms with Gasteiger partial charge in [0.15, 0.2) is 11.3 Å². The minimum atomic E-state index is -0.513. The highest BCUT2D eigenvalue weighted by Gasteiger charge is 2.16. The highest BCUT2D eigenvalue weighted by Crippen LogP contribution is 2.32. The Morgan fingerprint density at radius 1 is 1.03 bits per heavy atom. The number of aromatic nitrogens is 1. The van der Waals surface area contributed by atoms with Gasteiger partial charge in [0.2, 0.25) is 5.89 Å². The molecule has 2 heterocycles. The summed E-state index contributed by atoms with van der Waals surface area (Å²) in [4.78, 5) is 27.5. The molecule has 0 aliphatic rings. The molecule has 34 heavy (non-hydrogen) atoms. The molecule has 10 heteroatoms. The number of oxazole rings is 1. The highest BCUT2D eigenvalue weighted by atomic mass is 35.5.